The molecular weight excluding hydrogens is 270 g/mol. The number of rotatable bonds is 5. The smallest absolute Gasteiger partial charge is 0.114 e. The first-order valence-corrected chi connectivity index (χ1v) is 7.21. The van der Waals surface area contributed by atoms with Gasteiger partial charge in [0.2, 0.25) is 0 Å². The molecule has 2 aromatic heterocycles. The summed E-state index contributed by atoms with van der Waals surface area (Å²) in [7, 11) is 1.93. The molecule has 0 radical (unpaired) electrons. The molecular formula is C14H21N5O2. The lowest BCUT2D eigenvalue weighted by Crippen LogP contribution is -2.37. The van der Waals surface area contributed by atoms with Crippen LogP contribution in [0.3, 0.4) is 0 Å². The Hall–Kier alpha value is -1.70. The van der Waals surface area contributed by atoms with E-state index in [0.717, 1.165) is 31.0 Å². The van der Waals surface area contributed by atoms with E-state index in [1.807, 2.05) is 30.2 Å². The van der Waals surface area contributed by atoms with E-state index >= 15 is 0 Å². The Bertz CT molecular complexity index is 579. The van der Waals surface area contributed by atoms with E-state index in [2.05, 4.69) is 20.2 Å². The van der Waals surface area contributed by atoms with Crippen LogP contribution in [0.25, 0.3) is 0 Å². The molecule has 7 heteroatoms. The Morgan fingerprint density at radius 2 is 2.43 bits per heavy atom. The van der Waals surface area contributed by atoms with Gasteiger partial charge in [-0.2, -0.15) is 10.2 Å². The van der Waals surface area contributed by atoms with Crippen molar-refractivity contribution in [2.45, 2.75) is 19.1 Å². The summed E-state index contributed by atoms with van der Waals surface area (Å²) in [5, 5.41) is 20.4. The number of aromatic amines is 1. The minimum absolute atomic E-state index is 0.0147. The van der Waals surface area contributed by atoms with Crippen LogP contribution < -0.4 is 0 Å². The minimum Gasteiger partial charge on any atom is -0.396 e. The van der Waals surface area contributed by atoms with Crippen molar-refractivity contribution in [3.05, 3.63) is 35.4 Å². The number of H-pyrrole nitrogens is 1. The lowest BCUT2D eigenvalue weighted by Gasteiger charge is -2.31. The van der Waals surface area contributed by atoms with Crippen molar-refractivity contribution in [3.8, 4) is 0 Å². The molecule has 0 amide bonds. The molecule has 2 aromatic rings. The Morgan fingerprint density at radius 1 is 1.52 bits per heavy atom. The highest BCUT2D eigenvalue weighted by atomic mass is 16.5. The van der Waals surface area contributed by atoms with Gasteiger partial charge in [-0.15, -0.1) is 0 Å². The van der Waals surface area contributed by atoms with Crippen molar-refractivity contribution in [2.75, 3.05) is 26.3 Å². The van der Waals surface area contributed by atoms with Gasteiger partial charge in [-0.1, -0.05) is 0 Å². The Kier molecular flexibility index (Phi) is 4.33. The topological polar surface area (TPSA) is 79.2 Å². The maximum atomic E-state index is 8.95. The van der Waals surface area contributed by atoms with Crippen LogP contribution in [0.1, 0.15) is 23.1 Å². The van der Waals surface area contributed by atoms with Crippen molar-refractivity contribution in [3.63, 3.8) is 0 Å². The maximum Gasteiger partial charge on any atom is 0.114 e. The summed E-state index contributed by atoms with van der Waals surface area (Å²) in [4.78, 5) is 2.35. The first-order valence-electron chi connectivity index (χ1n) is 7.21. The van der Waals surface area contributed by atoms with Gasteiger partial charge in [0.05, 0.1) is 18.5 Å². The number of nitrogens with one attached hydrogen (secondary N) is 1. The van der Waals surface area contributed by atoms with E-state index in [1.165, 1.54) is 5.56 Å². The second-order valence-electron chi connectivity index (χ2n) is 5.41. The Balaban J connectivity index is 1.61. The zero-order valence-corrected chi connectivity index (χ0v) is 12.2. The van der Waals surface area contributed by atoms with Gasteiger partial charge in [0.1, 0.15) is 6.10 Å². The fourth-order valence-corrected chi connectivity index (χ4v) is 2.63. The molecule has 1 aliphatic rings. The van der Waals surface area contributed by atoms with E-state index < -0.39 is 0 Å². The normalized spacial score (nSPS) is 20.0. The van der Waals surface area contributed by atoms with Crippen LogP contribution in [0, 0.1) is 0 Å². The van der Waals surface area contributed by atoms with Gasteiger partial charge in [-0.3, -0.25) is 14.7 Å². The van der Waals surface area contributed by atoms with Gasteiger partial charge in [-0.25, -0.2) is 0 Å². The summed E-state index contributed by atoms with van der Waals surface area (Å²) in [6.45, 7) is 3.44. The minimum atomic E-state index is -0.0147. The molecule has 0 saturated carbocycles. The van der Waals surface area contributed by atoms with E-state index in [0.29, 0.717) is 13.0 Å². The van der Waals surface area contributed by atoms with Gasteiger partial charge < -0.3 is 9.84 Å². The lowest BCUT2D eigenvalue weighted by atomic mass is 10.1. The molecule has 1 saturated heterocycles. The predicted octanol–water partition coefficient (Wildman–Crippen LogP) is 0.251. The highest BCUT2D eigenvalue weighted by Crippen LogP contribution is 2.22. The number of aliphatic hydroxyl groups excluding tert-OH is 1. The summed E-state index contributed by atoms with van der Waals surface area (Å²) >= 11 is 0. The first kappa shape index (κ1) is 14.2. The van der Waals surface area contributed by atoms with Gasteiger partial charge in [-0.05, 0) is 6.07 Å². The van der Waals surface area contributed by atoms with Crippen LogP contribution in [0.5, 0.6) is 0 Å². The molecule has 1 atom stereocenters. The summed E-state index contributed by atoms with van der Waals surface area (Å²) < 4.78 is 7.64. The third kappa shape index (κ3) is 3.49. The molecule has 114 valence electrons. The molecule has 21 heavy (non-hydrogen) atoms. The van der Waals surface area contributed by atoms with Crippen LogP contribution in [-0.4, -0.2) is 56.3 Å². The van der Waals surface area contributed by atoms with E-state index in [1.54, 1.807) is 0 Å². The van der Waals surface area contributed by atoms with Crippen molar-refractivity contribution < 1.29 is 9.84 Å². The molecule has 2 N–H and O–H groups in total. The number of aromatic nitrogens is 4. The highest BCUT2D eigenvalue weighted by molar-refractivity contribution is 5.13. The van der Waals surface area contributed by atoms with Crippen LogP contribution >= 0.6 is 0 Å². The average Bonchev–Trinajstić information content (AvgIpc) is 3.09. The van der Waals surface area contributed by atoms with Crippen molar-refractivity contribution in [1.29, 1.82) is 0 Å². The predicted molar refractivity (Wildman–Crippen MR) is 76.6 cm³/mol. The van der Waals surface area contributed by atoms with Crippen LogP contribution in [0.2, 0.25) is 0 Å². The highest BCUT2D eigenvalue weighted by Gasteiger charge is 2.24. The molecule has 1 fully saturated rings. The zero-order valence-electron chi connectivity index (χ0n) is 12.2. The lowest BCUT2D eigenvalue weighted by molar-refractivity contribution is -0.0350. The summed E-state index contributed by atoms with van der Waals surface area (Å²) in [6.07, 6.45) is 4.52. The van der Waals surface area contributed by atoms with Gasteiger partial charge >= 0.3 is 0 Å². The molecule has 1 aliphatic heterocycles. The number of hydrogen-bond acceptors (Lipinski definition) is 5. The van der Waals surface area contributed by atoms with Crippen LogP contribution in [0.4, 0.5) is 0 Å². The molecule has 3 heterocycles. The van der Waals surface area contributed by atoms with E-state index in [9.17, 15) is 0 Å². The van der Waals surface area contributed by atoms with Crippen LogP contribution in [0.15, 0.2) is 18.5 Å². The van der Waals surface area contributed by atoms with E-state index in [-0.39, 0.29) is 12.7 Å². The fourth-order valence-electron chi connectivity index (χ4n) is 2.63. The van der Waals surface area contributed by atoms with Gasteiger partial charge in [0, 0.05) is 57.2 Å². The van der Waals surface area contributed by atoms with E-state index in [4.69, 9.17) is 9.84 Å². The monoisotopic (exact) mass is 291 g/mol. The summed E-state index contributed by atoms with van der Waals surface area (Å²) in [5.74, 6) is 0. The summed E-state index contributed by atoms with van der Waals surface area (Å²) in [6, 6.07) is 1.98. The first-order chi connectivity index (χ1) is 10.2. The molecule has 0 aromatic carbocycles. The number of morpholine rings is 1. The second kappa shape index (κ2) is 6.38. The maximum absolute atomic E-state index is 8.95. The van der Waals surface area contributed by atoms with Crippen molar-refractivity contribution in [2.24, 2.45) is 7.05 Å². The molecule has 3 rings (SSSR count). The summed E-state index contributed by atoms with van der Waals surface area (Å²) in [5.41, 5.74) is 3.07. The molecule has 0 bridgehead atoms. The van der Waals surface area contributed by atoms with Crippen LogP contribution in [-0.2, 0) is 24.8 Å². The molecule has 0 aliphatic carbocycles. The molecule has 0 unspecified atom stereocenters. The number of nitrogens with zero attached hydrogens (tertiary/aromatic N) is 4. The second-order valence-corrected chi connectivity index (χ2v) is 5.41. The number of aliphatic hydroxyl groups is 1. The largest absolute Gasteiger partial charge is 0.396 e. The fraction of sp³-hybridized carbons (Fsp3) is 0.571. The Morgan fingerprint density at radius 3 is 3.19 bits per heavy atom. The third-order valence-corrected chi connectivity index (χ3v) is 3.68. The molecule has 0 spiro atoms. The van der Waals surface area contributed by atoms with Gasteiger partial charge in [0.25, 0.3) is 0 Å². The SMILES string of the molecule is Cn1cc(CN2CCO[C@H](c3cc(CCO)[nH]n3)C2)cn1. The number of ether oxygens (including phenoxy) is 1. The standard InChI is InChI=1S/C14H21N5O2/c1-18-8-11(7-15-18)9-19-3-5-21-14(10-19)13-6-12(2-4-20)16-17-13/h6-8,14,20H,2-5,9-10H2,1H3,(H,16,17)/t14-/m0/s1. The average molecular weight is 291 g/mol. The quantitative estimate of drug-likeness (QED) is 0.825. The Labute approximate surface area is 123 Å². The van der Waals surface area contributed by atoms with Gasteiger partial charge in [0.15, 0.2) is 0 Å². The molecule has 7 nitrogen and oxygen atoms in total. The zero-order chi connectivity index (χ0) is 14.7. The number of hydrogen-bond donors (Lipinski definition) is 2. The van der Waals surface area contributed by atoms with Crippen molar-refractivity contribution in [1.82, 2.24) is 24.9 Å². The van der Waals surface area contributed by atoms with Crippen molar-refractivity contribution >= 4 is 0 Å². The number of aryl methyl sites for hydroxylation is 1. The third-order valence-electron chi connectivity index (χ3n) is 3.68.